The Labute approximate surface area is 88.8 Å². The maximum atomic E-state index is 13.0. The van der Waals surface area contributed by atoms with E-state index in [1.807, 2.05) is 0 Å². The van der Waals surface area contributed by atoms with Crippen LogP contribution < -0.4 is 0 Å². The highest BCUT2D eigenvalue weighted by Gasteiger charge is 2.17. The molecule has 16 heavy (non-hydrogen) atoms. The number of pyridine rings is 2. The van der Waals surface area contributed by atoms with Crippen LogP contribution in [0.4, 0.5) is 8.78 Å². The van der Waals surface area contributed by atoms with Gasteiger partial charge >= 0.3 is 0 Å². The normalized spacial score (nSPS) is 10.4. The molecule has 2 heterocycles. The number of halogens is 2. The zero-order chi connectivity index (χ0) is 11.7. The van der Waals surface area contributed by atoms with E-state index < -0.39 is 23.1 Å². The summed E-state index contributed by atoms with van der Waals surface area (Å²) in [6, 6.07) is 1.88. The molecule has 0 unspecified atom stereocenters. The van der Waals surface area contributed by atoms with Gasteiger partial charge in [-0.3, -0.25) is 9.97 Å². The summed E-state index contributed by atoms with van der Waals surface area (Å²) in [6.07, 6.45) is 2.16. The fraction of sp³-hybridized carbons (Fsp3) is 0. The predicted molar refractivity (Wildman–Crippen MR) is 50.7 cm³/mol. The van der Waals surface area contributed by atoms with Crippen molar-refractivity contribution in [3.05, 3.63) is 36.2 Å². The zero-order valence-electron chi connectivity index (χ0n) is 7.85. The lowest BCUT2D eigenvalue weighted by Gasteiger charge is -2.05. The van der Waals surface area contributed by atoms with Crippen molar-refractivity contribution in [2.45, 2.75) is 0 Å². The summed E-state index contributed by atoms with van der Waals surface area (Å²) in [4.78, 5) is 7.26. The van der Waals surface area contributed by atoms with E-state index in [9.17, 15) is 19.0 Å². The van der Waals surface area contributed by atoms with Gasteiger partial charge in [-0.1, -0.05) is 0 Å². The van der Waals surface area contributed by atoms with Crippen LogP contribution in [-0.2, 0) is 0 Å². The van der Waals surface area contributed by atoms with E-state index in [0.29, 0.717) is 0 Å². The lowest BCUT2D eigenvalue weighted by atomic mass is 10.2. The topological polar surface area (TPSA) is 66.2 Å². The lowest BCUT2D eigenvalue weighted by Crippen LogP contribution is -1.92. The van der Waals surface area contributed by atoms with Crippen LogP contribution >= 0.6 is 0 Å². The van der Waals surface area contributed by atoms with Crippen LogP contribution in [0.5, 0.6) is 11.5 Å². The standard InChI is InChI=1S/C10H6F2N2O2/c11-5-1-3-13-7(9(5)15)8-10(16)6(12)2-4-14-8/h1-4,15-16H. The third-order valence-corrected chi connectivity index (χ3v) is 1.97. The van der Waals surface area contributed by atoms with Crippen molar-refractivity contribution in [1.29, 1.82) is 0 Å². The molecule has 82 valence electrons. The Morgan fingerprint density at radius 3 is 1.56 bits per heavy atom. The van der Waals surface area contributed by atoms with Crippen LogP contribution in [0.25, 0.3) is 11.4 Å². The molecule has 0 amide bonds. The van der Waals surface area contributed by atoms with E-state index in [2.05, 4.69) is 9.97 Å². The number of hydrogen-bond acceptors (Lipinski definition) is 4. The van der Waals surface area contributed by atoms with Crippen molar-refractivity contribution in [2.75, 3.05) is 0 Å². The van der Waals surface area contributed by atoms with E-state index >= 15 is 0 Å². The van der Waals surface area contributed by atoms with Gasteiger partial charge in [0.2, 0.25) is 0 Å². The minimum atomic E-state index is -0.921. The largest absolute Gasteiger partial charge is 0.503 e. The maximum Gasteiger partial charge on any atom is 0.179 e. The smallest absolute Gasteiger partial charge is 0.179 e. The fourth-order valence-corrected chi connectivity index (χ4v) is 1.21. The zero-order valence-corrected chi connectivity index (χ0v) is 7.85. The number of aromatic nitrogens is 2. The van der Waals surface area contributed by atoms with Gasteiger partial charge in [-0.2, -0.15) is 0 Å². The average Bonchev–Trinajstić information content (AvgIpc) is 2.27. The second kappa shape index (κ2) is 3.73. The molecule has 4 nitrogen and oxygen atoms in total. The molecule has 2 aromatic heterocycles. The van der Waals surface area contributed by atoms with Crippen LogP contribution in [0, 0.1) is 11.6 Å². The number of nitrogens with zero attached hydrogens (tertiary/aromatic N) is 2. The molecule has 2 aromatic rings. The van der Waals surface area contributed by atoms with Gasteiger partial charge in [0.25, 0.3) is 0 Å². The summed E-state index contributed by atoms with van der Waals surface area (Å²) in [7, 11) is 0. The first-order chi connectivity index (χ1) is 7.61. The van der Waals surface area contributed by atoms with Gasteiger partial charge in [-0.25, -0.2) is 8.78 Å². The van der Waals surface area contributed by atoms with Crippen LogP contribution in [-0.4, -0.2) is 20.2 Å². The molecule has 0 bridgehead atoms. The first-order valence-corrected chi connectivity index (χ1v) is 4.28. The second-order valence-electron chi connectivity index (χ2n) is 2.98. The Balaban J connectivity index is 2.68. The molecule has 0 atom stereocenters. The van der Waals surface area contributed by atoms with Gasteiger partial charge in [0.05, 0.1) is 0 Å². The minimum Gasteiger partial charge on any atom is -0.503 e. The van der Waals surface area contributed by atoms with Crippen molar-refractivity contribution >= 4 is 0 Å². The molecule has 0 saturated carbocycles. The Bertz CT molecular complexity index is 497. The number of aromatic hydroxyl groups is 2. The molecule has 2 N–H and O–H groups in total. The average molecular weight is 224 g/mol. The highest BCUT2D eigenvalue weighted by molar-refractivity contribution is 5.67. The highest BCUT2D eigenvalue weighted by atomic mass is 19.1. The van der Waals surface area contributed by atoms with Gasteiger partial charge in [0.1, 0.15) is 11.4 Å². The molecule has 0 aromatic carbocycles. The molecule has 0 aliphatic heterocycles. The third-order valence-electron chi connectivity index (χ3n) is 1.97. The lowest BCUT2D eigenvalue weighted by molar-refractivity contribution is 0.422. The highest BCUT2D eigenvalue weighted by Crippen LogP contribution is 2.33. The first-order valence-electron chi connectivity index (χ1n) is 4.28. The number of hydrogen-bond donors (Lipinski definition) is 2. The fourth-order valence-electron chi connectivity index (χ4n) is 1.21. The summed E-state index contributed by atoms with van der Waals surface area (Å²) in [5.41, 5.74) is -0.617. The molecule has 0 fully saturated rings. The second-order valence-corrected chi connectivity index (χ2v) is 2.98. The van der Waals surface area contributed by atoms with Crippen LogP contribution in [0.1, 0.15) is 0 Å². The maximum absolute atomic E-state index is 13.0. The molecule has 6 heteroatoms. The Hall–Kier alpha value is -2.24. The van der Waals surface area contributed by atoms with Gasteiger partial charge < -0.3 is 10.2 Å². The Kier molecular flexibility index (Phi) is 2.40. The monoisotopic (exact) mass is 224 g/mol. The van der Waals surface area contributed by atoms with E-state index in [-0.39, 0.29) is 11.4 Å². The van der Waals surface area contributed by atoms with Crippen LogP contribution in [0.3, 0.4) is 0 Å². The van der Waals surface area contributed by atoms with Crippen molar-refractivity contribution in [3.8, 4) is 22.9 Å². The van der Waals surface area contributed by atoms with E-state index in [1.54, 1.807) is 0 Å². The van der Waals surface area contributed by atoms with Gasteiger partial charge in [-0.05, 0) is 12.1 Å². The molecular formula is C10H6F2N2O2. The van der Waals surface area contributed by atoms with Crippen LogP contribution in [0.2, 0.25) is 0 Å². The van der Waals surface area contributed by atoms with Gasteiger partial charge in [0.15, 0.2) is 23.1 Å². The third kappa shape index (κ3) is 1.54. The van der Waals surface area contributed by atoms with E-state index in [0.717, 1.165) is 24.5 Å². The summed E-state index contributed by atoms with van der Waals surface area (Å²) < 4.78 is 26.0. The van der Waals surface area contributed by atoms with Crippen molar-refractivity contribution in [3.63, 3.8) is 0 Å². The number of rotatable bonds is 1. The summed E-state index contributed by atoms with van der Waals surface area (Å²) in [5, 5.41) is 18.7. The van der Waals surface area contributed by atoms with Crippen molar-refractivity contribution in [1.82, 2.24) is 9.97 Å². The SMILES string of the molecule is Oc1c(F)ccnc1-c1nccc(F)c1O. The molecule has 0 aliphatic rings. The molecule has 0 radical (unpaired) electrons. The summed E-state index contributed by atoms with van der Waals surface area (Å²) in [5.74, 6) is -3.40. The predicted octanol–water partition coefficient (Wildman–Crippen LogP) is 1.83. The van der Waals surface area contributed by atoms with Crippen molar-refractivity contribution in [2.24, 2.45) is 0 Å². The Morgan fingerprint density at radius 1 is 0.812 bits per heavy atom. The Morgan fingerprint density at radius 2 is 1.19 bits per heavy atom. The minimum absolute atomic E-state index is 0.308. The van der Waals surface area contributed by atoms with Crippen molar-refractivity contribution < 1.29 is 19.0 Å². The molecule has 2 rings (SSSR count). The van der Waals surface area contributed by atoms with E-state index in [4.69, 9.17) is 0 Å². The van der Waals surface area contributed by atoms with Crippen LogP contribution in [0.15, 0.2) is 24.5 Å². The summed E-state index contributed by atoms with van der Waals surface area (Å²) in [6.45, 7) is 0. The van der Waals surface area contributed by atoms with E-state index in [1.165, 1.54) is 0 Å². The molecular weight excluding hydrogens is 218 g/mol. The summed E-state index contributed by atoms with van der Waals surface area (Å²) >= 11 is 0. The molecule has 0 spiro atoms. The quantitative estimate of drug-likeness (QED) is 0.775. The van der Waals surface area contributed by atoms with Gasteiger partial charge in [-0.15, -0.1) is 0 Å². The molecule has 0 aliphatic carbocycles. The first kappa shape index (κ1) is 10.3. The molecule has 0 saturated heterocycles. The van der Waals surface area contributed by atoms with Gasteiger partial charge in [0, 0.05) is 12.4 Å².